The summed E-state index contributed by atoms with van der Waals surface area (Å²) in [6.45, 7) is 2.81. The van der Waals surface area contributed by atoms with Gasteiger partial charge in [0.15, 0.2) is 0 Å². The molecule has 112 valence electrons. The fourth-order valence-electron chi connectivity index (χ4n) is 1.62. The second-order valence-corrected chi connectivity index (χ2v) is 4.42. The van der Waals surface area contributed by atoms with Crippen LogP contribution in [0.3, 0.4) is 0 Å². The quantitative estimate of drug-likeness (QED) is 0.307. The molecular formula is C15H19N3O3. The van der Waals surface area contributed by atoms with Gasteiger partial charge in [-0.2, -0.15) is 5.26 Å². The second kappa shape index (κ2) is 8.61. The molecule has 1 rings (SSSR count). The van der Waals surface area contributed by atoms with Crippen LogP contribution in [0.4, 0.5) is 5.69 Å². The van der Waals surface area contributed by atoms with Gasteiger partial charge in [-0.15, -0.1) is 0 Å². The maximum absolute atomic E-state index is 11.8. The third-order valence-corrected chi connectivity index (χ3v) is 2.76. The Morgan fingerprint density at radius 1 is 1.52 bits per heavy atom. The Kier molecular flexibility index (Phi) is 6.78. The van der Waals surface area contributed by atoms with Crippen molar-refractivity contribution in [2.24, 2.45) is 0 Å². The first-order valence-electron chi connectivity index (χ1n) is 6.52. The largest absolute Gasteiger partial charge is 0.508 e. The molecule has 0 saturated carbocycles. The zero-order chi connectivity index (χ0) is 15.7. The lowest BCUT2D eigenvalue weighted by Crippen LogP contribution is -2.26. The molecule has 0 aliphatic heterocycles. The Morgan fingerprint density at radius 2 is 2.29 bits per heavy atom. The summed E-state index contributed by atoms with van der Waals surface area (Å²) >= 11 is 0. The zero-order valence-electron chi connectivity index (χ0n) is 12.1. The highest BCUT2D eigenvalue weighted by molar-refractivity contribution is 5.97. The summed E-state index contributed by atoms with van der Waals surface area (Å²) in [6.07, 6.45) is 2.04. The smallest absolute Gasteiger partial charge is 0.263 e. The van der Waals surface area contributed by atoms with E-state index in [4.69, 9.17) is 10.00 Å². The van der Waals surface area contributed by atoms with Crippen molar-refractivity contribution in [3.05, 3.63) is 35.5 Å². The number of hydrogen-bond donors (Lipinski definition) is 3. The lowest BCUT2D eigenvalue weighted by molar-refractivity contribution is -0.117. The molecule has 21 heavy (non-hydrogen) atoms. The van der Waals surface area contributed by atoms with Crippen LogP contribution in [0.5, 0.6) is 5.75 Å². The maximum Gasteiger partial charge on any atom is 0.263 e. The number of carbonyl (C=O) groups excluding carboxylic acids is 1. The molecule has 3 N–H and O–H groups in total. The monoisotopic (exact) mass is 289 g/mol. The van der Waals surface area contributed by atoms with E-state index in [1.54, 1.807) is 19.2 Å². The molecule has 0 fully saturated rings. The summed E-state index contributed by atoms with van der Waals surface area (Å²) in [4.78, 5) is 11.8. The van der Waals surface area contributed by atoms with Crippen LogP contribution in [0.25, 0.3) is 0 Å². The highest BCUT2D eigenvalue weighted by Gasteiger charge is 2.08. The Hall–Kier alpha value is -2.52. The minimum absolute atomic E-state index is 0.0140. The van der Waals surface area contributed by atoms with E-state index in [2.05, 4.69) is 10.6 Å². The molecule has 6 heteroatoms. The van der Waals surface area contributed by atoms with Crippen LogP contribution in [-0.2, 0) is 9.53 Å². The second-order valence-electron chi connectivity index (χ2n) is 4.42. The van der Waals surface area contributed by atoms with E-state index in [-0.39, 0.29) is 11.3 Å². The summed E-state index contributed by atoms with van der Waals surface area (Å²) in [5.74, 6) is -0.268. The van der Waals surface area contributed by atoms with Crippen LogP contribution in [0.15, 0.2) is 30.0 Å². The number of phenols is 1. The number of methoxy groups -OCH3 is 1. The third kappa shape index (κ3) is 5.55. The van der Waals surface area contributed by atoms with E-state index in [0.29, 0.717) is 25.3 Å². The standard InChI is InChI=1S/C15H19N3O3/c1-11-8-13(19)4-5-14(11)18-10-12(9-16)15(20)17-6-3-7-21-2/h4-5,8,10,18-19H,3,6-7H2,1-2H3,(H,17,20)/b12-10-. The highest BCUT2D eigenvalue weighted by atomic mass is 16.5. The molecule has 0 aliphatic rings. The van der Waals surface area contributed by atoms with Gasteiger partial charge in [0.05, 0.1) is 0 Å². The van der Waals surface area contributed by atoms with Gasteiger partial charge < -0.3 is 20.5 Å². The minimum atomic E-state index is -0.433. The van der Waals surface area contributed by atoms with Gasteiger partial charge in [-0.3, -0.25) is 4.79 Å². The van der Waals surface area contributed by atoms with E-state index in [1.165, 1.54) is 12.3 Å². The van der Waals surface area contributed by atoms with Crippen molar-refractivity contribution in [1.29, 1.82) is 5.26 Å². The van der Waals surface area contributed by atoms with Gasteiger partial charge in [0.1, 0.15) is 17.4 Å². The van der Waals surface area contributed by atoms with Crippen molar-refractivity contribution >= 4 is 11.6 Å². The molecule has 0 unspecified atom stereocenters. The first-order valence-corrected chi connectivity index (χ1v) is 6.52. The number of rotatable bonds is 7. The Bertz CT molecular complexity index is 562. The van der Waals surface area contributed by atoms with Crippen molar-refractivity contribution in [3.63, 3.8) is 0 Å². The van der Waals surface area contributed by atoms with Crippen molar-refractivity contribution in [3.8, 4) is 11.8 Å². The van der Waals surface area contributed by atoms with E-state index in [0.717, 1.165) is 5.56 Å². The molecule has 0 aromatic heterocycles. The SMILES string of the molecule is COCCCNC(=O)/C(C#N)=C\Nc1ccc(O)cc1C. The third-order valence-electron chi connectivity index (χ3n) is 2.76. The van der Waals surface area contributed by atoms with Gasteiger partial charge in [-0.1, -0.05) is 0 Å². The Labute approximate surface area is 124 Å². The number of ether oxygens (including phenoxy) is 1. The summed E-state index contributed by atoms with van der Waals surface area (Å²) in [5, 5.41) is 23.9. The van der Waals surface area contributed by atoms with Crippen molar-refractivity contribution < 1.29 is 14.6 Å². The summed E-state index contributed by atoms with van der Waals surface area (Å²) in [6, 6.07) is 6.64. The highest BCUT2D eigenvalue weighted by Crippen LogP contribution is 2.20. The van der Waals surface area contributed by atoms with Gasteiger partial charge in [0.25, 0.3) is 5.91 Å². The lowest BCUT2D eigenvalue weighted by atomic mass is 10.2. The molecular weight excluding hydrogens is 270 g/mol. The normalized spacial score (nSPS) is 10.8. The first kappa shape index (κ1) is 16.5. The summed E-state index contributed by atoms with van der Waals surface area (Å²) in [7, 11) is 1.59. The van der Waals surface area contributed by atoms with Gasteiger partial charge in [-0.05, 0) is 37.1 Å². The average Bonchev–Trinajstić information content (AvgIpc) is 2.46. The lowest BCUT2D eigenvalue weighted by Gasteiger charge is -2.07. The molecule has 0 heterocycles. The van der Waals surface area contributed by atoms with Crippen LogP contribution < -0.4 is 10.6 Å². The van der Waals surface area contributed by atoms with E-state index < -0.39 is 5.91 Å². The molecule has 6 nitrogen and oxygen atoms in total. The maximum atomic E-state index is 11.8. The molecule has 1 amide bonds. The Morgan fingerprint density at radius 3 is 2.90 bits per heavy atom. The summed E-state index contributed by atoms with van der Waals surface area (Å²) < 4.78 is 4.87. The number of anilines is 1. The number of nitrogens with one attached hydrogen (secondary N) is 2. The molecule has 0 aliphatic carbocycles. The van der Waals surface area contributed by atoms with E-state index in [9.17, 15) is 9.90 Å². The fourth-order valence-corrected chi connectivity index (χ4v) is 1.62. The van der Waals surface area contributed by atoms with Crippen molar-refractivity contribution in [2.75, 3.05) is 25.6 Å². The van der Waals surface area contributed by atoms with Crippen molar-refractivity contribution in [1.82, 2.24) is 5.32 Å². The van der Waals surface area contributed by atoms with Gasteiger partial charge in [0.2, 0.25) is 0 Å². The van der Waals surface area contributed by atoms with Crippen LogP contribution >= 0.6 is 0 Å². The predicted molar refractivity (Wildman–Crippen MR) is 79.7 cm³/mol. The molecule has 0 radical (unpaired) electrons. The molecule has 0 saturated heterocycles. The van der Waals surface area contributed by atoms with E-state index in [1.807, 2.05) is 13.0 Å². The molecule has 0 spiro atoms. The number of aryl methyl sites for hydroxylation is 1. The van der Waals surface area contributed by atoms with Crippen LogP contribution in [0.2, 0.25) is 0 Å². The van der Waals surface area contributed by atoms with Gasteiger partial charge in [0, 0.05) is 32.1 Å². The number of aromatic hydroxyl groups is 1. The summed E-state index contributed by atoms with van der Waals surface area (Å²) in [5.41, 5.74) is 1.51. The number of nitrogens with zero attached hydrogens (tertiary/aromatic N) is 1. The first-order chi connectivity index (χ1) is 10.1. The number of nitriles is 1. The minimum Gasteiger partial charge on any atom is -0.508 e. The van der Waals surface area contributed by atoms with E-state index >= 15 is 0 Å². The zero-order valence-corrected chi connectivity index (χ0v) is 12.1. The number of hydrogen-bond acceptors (Lipinski definition) is 5. The fraction of sp³-hybridized carbons (Fsp3) is 0.333. The van der Waals surface area contributed by atoms with Crippen LogP contribution in [0, 0.1) is 18.3 Å². The topological polar surface area (TPSA) is 94.4 Å². The molecule has 1 aromatic carbocycles. The van der Waals surface area contributed by atoms with Gasteiger partial charge >= 0.3 is 0 Å². The van der Waals surface area contributed by atoms with Gasteiger partial charge in [-0.25, -0.2) is 0 Å². The van der Waals surface area contributed by atoms with Crippen LogP contribution in [-0.4, -0.2) is 31.3 Å². The number of carbonyl (C=O) groups is 1. The molecule has 0 atom stereocenters. The predicted octanol–water partition coefficient (Wildman–Crippen LogP) is 1.67. The average molecular weight is 289 g/mol. The number of phenolic OH excluding ortho intramolecular Hbond substituents is 1. The molecule has 1 aromatic rings. The Balaban J connectivity index is 2.63. The van der Waals surface area contributed by atoms with Crippen LogP contribution in [0.1, 0.15) is 12.0 Å². The number of amides is 1. The molecule has 0 bridgehead atoms. The van der Waals surface area contributed by atoms with Crippen molar-refractivity contribution in [2.45, 2.75) is 13.3 Å². The number of benzene rings is 1.